The Kier molecular flexibility index (Phi) is 13.4. The molecule has 7 atom stereocenters. The minimum atomic E-state index is -1.89. The van der Waals surface area contributed by atoms with Crippen LogP contribution in [0.2, 0.25) is 0 Å². The zero-order valence-corrected chi connectivity index (χ0v) is 34.4. The zero-order chi connectivity index (χ0) is 45.3. The van der Waals surface area contributed by atoms with Crippen LogP contribution in [-0.2, 0) is 42.0 Å². The number of aldehydes is 1. The van der Waals surface area contributed by atoms with Crippen LogP contribution in [0.3, 0.4) is 0 Å². The van der Waals surface area contributed by atoms with Crippen molar-refractivity contribution in [1.82, 2.24) is 0 Å². The van der Waals surface area contributed by atoms with Gasteiger partial charge in [-0.1, -0.05) is 60.4 Å². The van der Waals surface area contributed by atoms with Crippen molar-refractivity contribution >= 4 is 36.0 Å². The average Bonchev–Trinajstić information content (AvgIpc) is 3.26. The molecule has 15 heteroatoms. The Balaban J connectivity index is 1.57. The van der Waals surface area contributed by atoms with Gasteiger partial charge in [0.2, 0.25) is 6.29 Å². The Labute approximate surface area is 362 Å². The second-order valence-electron chi connectivity index (χ2n) is 15.9. The number of hydrogen-bond acceptors (Lipinski definition) is 15. The van der Waals surface area contributed by atoms with Crippen LogP contribution in [-0.4, -0.2) is 102 Å². The Hall–Kier alpha value is -6.06. The summed E-state index contributed by atoms with van der Waals surface area (Å²) >= 11 is 0. The van der Waals surface area contributed by atoms with Crippen molar-refractivity contribution in [3.63, 3.8) is 0 Å². The van der Waals surface area contributed by atoms with E-state index in [0.717, 1.165) is 12.5 Å². The number of nitrogens with two attached hydrogens (primary N) is 1. The number of benzene rings is 4. The lowest BCUT2D eigenvalue weighted by Gasteiger charge is -2.39. The smallest absolute Gasteiger partial charge is 0.308 e. The van der Waals surface area contributed by atoms with Crippen LogP contribution in [0.5, 0.6) is 17.2 Å². The molecule has 1 saturated heterocycles. The molecule has 7 rings (SSSR count). The first-order chi connectivity index (χ1) is 30.2. The first-order valence-electron chi connectivity index (χ1n) is 20.4. The van der Waals surface area contributed by atoms with Crippen molar-refractivity contribution in [2.24, 2.45) is 5.73 Å². The number of ether oxygens (including phenoxy) is 3. The fourth-order valence-corrected chi connectivity index (χ4v) is 8.39. The predicted octanol–water partition coefficient (Wildman–Crippen LogP) is 2.43. The van der Waals surface area contributed by atoms with Crippen molar-refractivity contribution in [3.05, 3.63) is 121 Å². The fraction of sp³-hybridized carbons (Fsp3) is 0.333. The van der Waals surface area contributed by atoms with Gasteiger partial charge in [-0.15, -0.1) is 0 Å². The summed E-state index contributed by atoms with van der Waals surface area (Å²) in [5, 5.41) is 76.7. The second kappa shape index (κ2) is 18.7. The van der Waals surface area contributed by atoms with Gasteiger partial charge in [0.05, 0.1) is 37.0 Å². The normalized spacial score (nSPS) is 23.7. The number of carbonyl (C=O) groups is 4. The van der Waals surface area contributed by atoms with E-state index in [9.17, 15) is 45.3 Å². The predicted molar refractivity (Wildman–Crippen MR) is 226 cm³/mol. The van der Waals surface area contributed by atoms with Crippen molar-refractivity contribution in [1.29, 1.82) is 0 Å². The Morgan fingerprint density at radius 1 is 0.889 bits per heavy atom. The third-order valence-corrected chi connectivity index (χ3v) is 11.6. The minimum absolute atomic E-state index is 0.0218. The molecule has 4 aromatic rings. The molecule has 4 bridgehead atoms. The van der Waals surface area contributed by atoms with Crippen LogP contribution < -0.4 is 15.2 Å². The van der Waals surface area contributed by atoms with E-state index in [2.05, 4.69) is 11.8 Å². The minimum Gasteiger partial charge on any atom is -0.507 e. The van der Waals surface area contributed by atoms with Crippen LogP contribution >= 0.6 is 0 Å². The van der Waals surface area contributed by atoms with Gasteiger partial charge in [-0.3, -0.25) is 19.2 Å². The van der Waals surface area contributed by atoms with E-state index in [0.29, 0.717) is 11.8 Å². The topological polar surface area (TPSA) is 264 Å². The molecule has 328 valence electrons. The Morgan fingerprint density at radius 2 is 1.60 bits per heavy atom. The molecule has 0 aromatic heterocycles. The average molecular weight is 862 g/mol. The number of phenols is 1. The van der Waals surface area contributed by atoms with E-state index >= 15 is 9.59 Å². The summed E-state index contributed by atoms with van der Waals surface area (Å²) in [5.74, 6) is 2.06. The number of fused-ring (bicyclic) bond motifs is 2. The van der Waals surface area contributed by atoms with E-state index in [-0.39, 0.29) is 87.3 Å². The fourth-order valence-electron chi connectivity index (χ4n) is 8.39. The SMILES string of the molecule is CC(=O)Oc1cc(CO)c2c3c1/C=C/c1cccc(c1)C[C@H](O)CC[C@@H](N)C#CCc1c(O[C@H]4O[C@@H](C)[C@@H](O)[C@@H](O)[C@H]4O)c(Cc4cccc(CO)c4C=O)c(O)c(c1C3=O)C2=O. The van der Waals surface area contributed by atoms with Crippen molar-refractivity contribution in [2.75, 3.05) is 0 Å². The summed E-state index contributed by atoms with van der Waals surface area (Å²) in [6.07, 6.45) is -5.18. The molecule has 9 N–H and O–H groups in total. The highest BCUT2D eigenvalue weighted by Gasteiger charge is 2.46. The van der Waals surface area contributed by atoms with Gasteiger partial charge in [0, 0.05) is 58.7 Å². The summed E-state index contributed by atoms with van der Waals surface area (Å²) in [7, 11) is 0. The standard InChI is InChI=1S/C48H47NO14/c1-23-41(55)45(59)46(60)48(61-23)63-47-33-11-5-10-30(49)13-14-31(54)17-26-7-3-6-25(16-26)12-15-32-36(62-24(2)53)19-29(21-51)37-38(32)44(58)39(33)40(43(37)57)42(56)34(47)18-27-8-4-9-28(20-50)35(27)22-52/h3-4,6-9,12,15-16,19,22-23,30-31,41,45-46,48,50-51,54-56,59-60H,11,13-14,17-18,20-21,49H2,1-2H3/b15-12+/t23-,30-,31+,41+,45+,46+,48+/m0/s1. The maximum atomic E-state index is 15.5. The van der Waals surface area contributed by atoms with Crippen molar-refractivity contribution < 1.29 is 69.1 Å². The third kappa shape index (κ3) is 8.81. The Morgan fingerprint density at radius 3 is 2.32 bits per heavy atom. The zero-order valence-electron chi connectivity index (χ0n) is 34.4. The summed E-state index contributed by atoms with van der Waals surface area (Å²) in [6, 6.07) is 12.3. The third-order valence-electron chi connectivity index (χ3n) is 11.6. The summed E-state index contributed by atoms with van der Waals surface area (Å²) in [5.41, 5.74) is 6.48. The van der Waals surface area contributed by atoms with Gasteiger partial charge in [-0.05, 0) is 66.1 Å². The molecule has 0 radical (unpaired) electrons. The molecular weight excluding hydrogens is 815 g/mol. The summed E-state index contributed by atoms with van der Waals surface area (Å²) in [6.45, 7) is 1.24. The molecule has 1 heterocycles. The number of phenolic OH excluding ortho intramolecular Hbond substituents is 1. The summed E-state index contributed by atoms with van der Waals surface area (Å²) in [4.78, 5) is 55.6. The highest BCUT2D eigenvalue weighted by atomic mass is 16.7. The van der Waals surface area contributed by atoms with Crippen molar-refractivity contribution in [3.8, 4) is 29.1 Å². The number of rotatable bonds is 8. The molecule has 3 aliphatic rings. The molecule has 63 heavy (non-hydrogen) atoms. The van der Waals surface area contributed by atoms with Gasteiger partial charge in [-0.25, -0.2) is 0 Å². The van der Waals surface area contributed by atoms with Gasteiger partial charge in [0.1, 0.15) is 35.6 Å². The quantitative estimate of drug-likeness (QED) is 0.0482. The van der Waals surface area contributed by atoms with Crippen LogP contribution in [0.15, 0.2) is 48.5 Å². The van der Waals surface area contributed by atoms with Gasteiger partial charge in [0.15, 0.2) is 17.9 Å². The van der Waals surface area contributed by atoms with Crippen LogP contribution in [0, 0.1) is 11.8 Å². The van der Waals surface area contributed by atoms with Crippen LogP contribution in [0.1, 0.15) is 113 Å². The lowest BCUT2D eigenvalue weighted by atomic mass is 9.75. The molecule has 0 saturated carbocycles. The highest BCUT2D eigenvalue weighted by Crippen LogP contribution is 2.48. The molecule has 15 nitrogen and oxygen atoms in total. The number of ketones is 2. The molecule has 0 unspecified atom stereocenters. The number of esters is 1. The van der Waals surface area contributed by atoms with E-state index < -0.39 is 96.9 Å². The van der Waals surface area contributed by atoms with Crippen LogP contribution in [0.4, 0.5) is 0 Å². The number of aliphatic hydroxyl groups excluding tert-OH is 6. The second-order valence-corrected chi connectivity index (χ2v) is 15.9. The van der Waals surface area contributed by atoms with Crippen molar-refractivity contribution in [2.45, 2.75) is 102 Å². The van der Waals surface area contributed by atoms with Gasteiger partial charge in [-0.2, -0.15) is 0 Å². The molecule has 0 amide bonds. The lowest BCUT2D eigenvalue weighted by Crippen LogP contribution is -2.58. The first kappa shape index (κ1) is 45.0. The molecule has 2 aliphatic carbocycles. The number of aromatic hydroxyl groups is 1. The summed E-state index contributed by atoms with van der Waals surface area (Å²) < 4.78 is 17.8. The van der Waals surface area contributed by atoms with E-state index in [1.807, 2.05) is 12.1 Å². The molecule has 1 fully saturated rings. The number of aliphatic hydroxyl groups is 6. The molecule has 1 aliphatic heterocycles. The number of hydrogen-bond donors (Lipinski definition) is 8. The highest BCUT2D eigenvalue weighted by molar-refractivity contribution is 6.32. The largest absolute Gasteiger partial charge is 0.507 e. The lowest BCUT2D eigenvalue weighted by molar-refractivity contribution is -0.268. The monoisotopic (exact) mass is 861 g/mol. The van der Waals surface area contributed by atoms with Crippen LogP contribution in [0.25, 0.3) is 12.2 Å². The molecular formula is C48H47NO14. The first-order valence-corrected chi connectivity index (χ1v) is 20.4. The molecule has 0 spiro atoms. The van der Waals surface area contributed by atoms with Gasteiger partial charge in [0.25, 0.3) is 0 Å². The van der Waals surface area contributed by atoms with E-state index in [1.54, 1.807) is 30.3 Å². The Bertz CT molecular complexity index is 2590. The van der Waals surface area contributed by atoms with Gasteiger partial charge >= 0.3 is 5.97 Å². The van der Waals surface area contributed by atoms with E-state index in [4.69, 9.17) is 19.9 Å². The molecule has 4 aromatic carbocycles. The van der Waals surface area contributed by atoms with E-state index in [1.165, 1.54) is 25.1 Å². The maximum Gasteiger partial charge on any atom is 0.308 e. The number of carbonyl (C=O) groups excluding carboxylic acids is 4. The van der Waals surface area contributed by atoms with Gasteiger partial charge < -0.3 is 55.7 Å². The maximum absolute atomic E-state index is 15.5.